The van der Waals surface area contributed by atoms with Crippen molar-refractivity contribution in [2.45, 2.75) is 26.3 Å². The van der Waals surface area contributed by atoms with E-state index < -0.39 is 0 Å². The lowest BCUT2D eigenvalue weighted by atomic mass is 10.1. The number of ether oxygens (including phenoxy) is 1. The lowest BCUT2D eigenvalue weighted by Crippen LogP contribution is -2.44. The molecule has 0 radical (unpaired) electrons. The number of hydrogen-bond donors (Lipinski definition) is 1. The summed E-state index contributed by atoms with van der Waals surface area (Å²) >= 11 is 1.67. The summed E-state index contributed by atoms with van der Waals surface area (Å²) in [5.41, 5.74) is 0. The number of carbonyl (C=O) groups is 1. The molecule has 0 bridgehead atoms. The molecule has 0 aliphatic carbocycles. The molecule has 86 valence electrons. The molecule has 1 heterocycles. The Kier molecular flexibility index (Phi) is 4.94. The molecular formula is C10H18N2O2S. The van der Waals surface area contributed by atoms with Crippen LogP contribution in [0.2, 0.25) is 0 Å². The SMILES string of the molecule is COC(=O)C(NC1=NCCCS1)C(C)C. The maximum atomic E-state index is 11.5. The molecular weight excluding hydrogens is 212 g/mol. The molecule has 1 N–H and O–H groups in total. The Morgan fingerprint density at radius 3 is 2.80 bits per heavy atom. The maximum Gasteiger partial charge on any atom is 0.328 e. The van der Waals surface area contributed by atoms with E-state index in [1.807, 2.05) is 13.8 Å². The van der Waals surface area contributed by atoms with E-state index in [-0.39, 0.29) is 17.9 Å². The number of thioether (sulfide) groups is 1. The first-order valence-corrected chi connectivity index (χ1v) is 6.15. The van der Waals surface area contributed by atoms with Crippen molar-refractivity contribution in [3.05, 3.63) is 0 Å². The maximum absolute atomic E-state index is 11.5. The molecule has 0 aromatic heterocycles. The van der Waals surface area contributed by atoms with E-state index in [2.05, 4.69) is 10.3 Å². The second kappa shape index (κ2) is 6.00. The molecule has 1 atom stereocenters. The second-order valence-corrected chi connectivity index (χ2v) is 4.86. The summed E-state index contributed by atoms with van der Waals surface area (Å²) in [5, 5.41) is 4.01. The summed E-state index contributed by atoms with van der Waals surface area (Å²) in [6.07, 6.45) is 1.11. The van der Waals surface area contributed by atoms with Crippen LogP contribution in [0, 0.1) is 5.92 Å². The number of rotatable bonds is 3. The predicted octanol–water partition coefficient (Wildman–Crippen LogP) is 1.27. The van der Waals surface area contributed by atoms with Crippen molar-refractivity contribution in [3.8, 4) is 0 Å². The van der Waals surface area contributed by atoms with Gasteiger partial charge in [-0.05, 0) is 12.3 Å². The van der Waals surface area contributed by atoms with Crippen LogP contribution in [0.1, 0.15) is 20.3 Å². The first-order chi connectivity index (χ1) is 7.15. The second-order valence-electron chi connectivity index (χ2n) is 3.78. The van der Waals surface area contributed by atoms with Crippen molar-refractivity contribution in [1.82, 2.24) is 5.32 Å². The van der Waals surface area contributed by atoms with Crippen molar-refractivity contribution in [2.75, 3.05) is 19.4 Å². The van der Waals surface area contributed by atoms with E-state index in [9.17, 15) is 4.79 Å². The quantitative estimate of drug-likeness (QED) is 0.742. The minimum absolute atomic E-state index is 0.197. The van der Waals surface area contributed by atoms with Crippen LogP contribution in [0.5, 0.6) is 0 Å². The summed E-state index contributed by atoms with van der Waals surface area (Å²) in [5.74, 6) is 1.04. The predicted molar refractivity (Wildman–Crippen MR) is 63.2 cm³/mol. The molecule has 0 aromatic rings. The van der Waals surface area contributed by atoms with Gasteiger partial charge in [0.2, 0.25) is 0 Å². The fourth-order valence-electron chi connectivity index (χ4n) is 1.30. The lowest BCUT2D eigenvalue weighted by molar-refractivity contribution is -0.143. The molecule has 15 heavy (non-hydrogen) atoms. The molecule has 1 rings (SSSR count). The molecule has 5 heteroatoms. The highest BCUT2D eigenvalue weighted by Gasteiger charge is 2.24. The first kappa shape index (κ1) is 12.4. The van der Waals surface area contributed by atoms with Gasteiger partial charge >= 0.3 is 5.97 Å². The molecule has 1 aliphatic heterocycles. The number of methoxy groups -OCH3 is 1. The number of aliphatic imine (C=N–C) groups is 1. The van der Waals surface area contributed by atoms with Crippen LogP contribution < -0.4 is 5.32 Å². The topological polar surface area (TPSA) is 50.7 Å². The summed E-state index contributed by atoms with van der Waals surface area (Å²) in [6, 6.07) is -0.292. The molecule has 0 aromatic carbocycles. The Hall–Kier alpha value is -0.710. The third-order valence-corrected chi connectivity index (χ3v) is 3.21. The Balaban J connectivity index is 2.57. The van der Waals surface area contributed by atoms with Crippen LogP contribution >= 0.6 is 11.8 Å². The minimum Gasteiger partial charge on any atom is -0.467 e. The average Bonchev–Trinajstić information content (AvgIpc) is 2.26. The molecule has 0 saturated heterocycles. The molecule has 0 fully saturated rings. The van der Waals surface area contributed by atoms with Gasteiger partial charge in [-0.15, -0.1) is 0 Å². The molecule has 4 nitrogen and oxygen atoms in total. The number of amidine groups is 1. The number of hydrogen-bond acceptors (Lipinski definition) is 5. The Labute approximate surface area is 94.9 Å². The van der Waals surface area contributed by atoms with Crippen molar-refractivity contribution in [3.63, 3.8) is 0 Å². The highest BCUT2D eigenvalue weighted by atomic mass is 32.2. The third kappa shape index (κ3) is 3.74. The standard InChI is InChI=1S/C10H18N2O2S/c1-7(2)8(9(13)14-3)12-10-11-5-4-6-15-10/h7-8H,4-6H2,1-3H3,(H,11,12). The van der Waals surface area contributed by atoms with Crippen molar-refractivity contribution in [1.29, 1.82) is 0 Å². The van der Waals surface area contributed by atoms with Crippen molar-refractivity contribution < 1.29 is 9.53 Å². The number of nitrogens with one attached hydrogen (secondary N) is 1. The Morgan fingerprint density at radius 1 is 1.60 bits per heavy atom. The van der Waals surface area contributed by atoms with Crippen LogP contribution in [-0.4, -0.2) is 36.6 Å². The highest BCUT2D eigenvalue weighted by Crippen LogP contribution is 2.13. The van der Waals surface area contributed by atoms with E-state index in [1.54, 1.807) is 11.8 Å². The van der Waals surface area contributed by atoms with Crippen LogP contribution in [0.25, 0.3) is 0 Å². The Bertz CT molecular complexity index is 254. The van der Waals surface area contributed by atoms with E-state index in [0.29, 0.717) is 0 Å². The molecule has 0 amide bonds. The largest absolute Gasteiger partial charge is 0.467 e. The van der Waals surface area contributed by atoms with Gasteiger partial charge in [0.1, 0.15) is 6.04 Å². The summed E-state index contributed by atoms with van der Waals surface area (Å²) in [4.78, 5) is 15.8. The highest BCUT2D eigenvalue weighted by molar-refractivity contribution is 8.13. The molecule has 0 saturated carbocycles. The van der Waals surface area contributed by atoms with Gasteiger partial charge in [0.05, 0.1) is 7.11 Å². The zero-order chi connectivity index (χ0) is 11.3. The Morgan fingerprint density at radius 2 is 2.33 bits per heavy atom. The van der Waals surface area contributed by atoms with Gasteiger partial charge in [0.15, 0.2) is 5.17 Å². The van der Waals surface area contributed by atoms with Crippen LogP contribution in [0.15, 0.2) is 4.99 Å². The van der Waals surface area contributed by atoms with Gasteiger partial charge in [-0.25, -0.2) is 4.79 Å². The van der Waals surface area contributed by atoms with Crippen molar-refractivity contribution in [2.24, 2.45) is 10.9 Å². The third-order valence-electron chi connectivity index (χ3n) is 2.20. The molecule has 0 spiro atoms. The lowest BCUT2D eigenvalue weighted by Gasteiger charge is -2.22. The monoisotopic (exact) mass is 230 g/mol. The summed E-state index contributed by atoms with van der Waals surface area (Å²) in [6.45, 7) is 4.83. The van der Waals surface area contributed by atoms with Gasteiger partial charge in [-0.2, -0.15) is 0 Å². The van der Waals surface area contributed by atoms with Crippen molar-refractivity contribution >= 4 is 22.9 Å². The van der Waals surface area contributed by atoms with E-state index in [0.717, 1.165) is 23.9 Å². The van der Waals surface area contributed by atoms with Gasteiger partial charge in [-0.1, -0.05) is 25.6 Å². The summed E-state index contributed by atoms with van der Waals surface area (Å²) < 4.78 is 4.75. The van der Waals surface area contributed by atoms with E-state index in [4.69, 9.17) is 4.74 Å². The number of nitrogens with zero attached hydrogens (tertiary/aromatic N) is 1. The number of carbonyl (C=O) groups excluding carboxylic acids is 1. The fourth-order valence-corrected chi connectivity index (χ4v) is 2.16. The van der Waals surface area contributed by atoms with E-state index >= 15 is 0 Å². The van der Waals surface area contributed by atoms with Gasteiger partial charge in [-0.3, -0.25) is 4.99 Å². The zero-order valence-electron chi connectivity index (χ0n) is 9.45. The average molecular weight is 230 g/mol. The van der Waals surface area contributed by atoms with Gasteiger partial charge in [0, 0.05) is 12.3 Å². The smallest absolute Gasteiger partial charge is 0.328 e. The summed E-state index contributed by atoms with van der Waals surface area (Å²) in [7, 11) is 1.41. The van der Waals surface area contributed by atoms with Crippen LogP contribution in [-0.2, 0) is 9.53 Å². The zero-order valence-corrected chi connectivity index (χ0v) is 10.3. The normalized spacial score (nSPS) is 18.3. The fraction of sp³-hybridized carbons (Fsp3) is 0.800. The van der Waals surface area contributed by atoms with Gasteiger partial charge < -0.3 is 10.1 Å². The van der Waals surface area contributed by atoms with Crippen LogP contribution in [0.4, 0.5) is 0 Å². The first-order valence-electron chi connectivity index (χ1n) is 5.16. The minimum atomic E-state index is -0.292. The van der Waals surface area contributed by atoms with E-state index in [1.165, 1.54) is 7.11 Å². The van der Waals surface area contributed by atoms with Crippen LogP contribution in [0.3, 0.4) is 0 Å². The van der Waals surface area contributed by atoms with Gasteiger partial charge in [0.25, 0.3) is 0 Å². The molecule has 1 aliphatic rings. The number of esters is 1. The molecule has 1 unspecified atom stereocenters.